The highest BCUT2D eigenvalue weighted by Gasteiger charge is 2.52. The number of nitrogens with zero attached hydrogens (tertiary/aromatic N) is 3. The summed E-state index contributed by atoms with van der Waals surface area (Å²) in [6.45, 7) is 1.96. The molecule has 0 N–H and O–H groups in total. The highest BCUT2D eigenvalue weighted by atomic mass is 35.5. The number of carbonyl (C=O) groups is 2. The molecule has 3 atom stereocenters. The molecular formula is C20H19Cl2N3O2S. The third kappa shape index (κ3) is 3.08. The van der Waals surface area contributed by atoms with Gasteiger partial charge in [-0.3, -0.25) is 9.59 Å². The van der Waals surface area contributed by atoms with E-state index in [2.05, 4.69) is 0 Å². The molecule has 0 aliphatic carbocycles. The minimum Gasteiger partial charge on any atom is -0.312 e. The maximum atomic E-state index is 13.4. The highest BCUT2D eigenvalue weighted by Crippen LogP contribution is 2.46. The van der Waals surface area contributed by atoms with Gasteiger partial charge in [-0.15, -0.1) is 11.8 Å². The first-order chi connectivity index (χ1) is 13.4. The number of amides is 2. The predicted molar refractivity (Wildman–Crippen MR) is 113 cm³/mol. The van der Waals surface area contributed by atoms with Gasteiger partial charge in [0.2, 0.25) is 5.91 Å². The van der Waals surface area contributed by atoms with Gasteiger partial charge >= 0.3 is 0 Å². The fraction of sp³-hybridized carbons (Fsp3) is 0.300. The summed E-state index contributed by atoms with van der Waals surface area (Å²) in [7, 11) is 1.87. The molecule has 0 aromatic heterocycles. The van der Waals surface area contributed by atoms with Crippen molar-refractivity contribution in [3.8, 4) is 0 Å². The largest absolute Gasteiger partial charge is 0.312 e. The Bertz CT molecular complexity index is 927. The number of likely N-dealkylation sites (N-methyl/N-ethyl adjacent to an activating group) is 1. The van der Waals surface area contributed by atoms with E-state index in [-0.39, 0.29) is 23.2 Å². The van der Waals surface area contributed by atoms with Crippen LogP contribution in [0.15, 0.2) is 48.5 Å². The molecule has 2 aliphatic rings. The lowest BCUT2D eigenvalue weighted by molar-refractivity contribution is -0.136. The average molecular weight is 436 g/mol. The third-order valence-electron chi connectivity index (χ3n) is 5.28. The van der Waals surface area contributed by atoms with Crippen LogP contribution in [0.1, 0.15) is 17.9 Å². The van der Waals surface area contributed by atoms with Crippen LogP contribution >= 0.6 is 35.0 Å². The van der Waals surface area contributed by atoms with Crippen molar-refractivity contribution < 1.29 is 9.59 Å². The molecule has 2 fully saturated rings. The number of benzene rings is 2. The van der Waals surface area contributed by atoms with Crippen molar-refractivity contribution in [3.05, 3.63) is 64.1 Å². The molecule has 2 aliphatic heterocycles. The van der Waals surface area contributed by atoms with Crippen LogP contribution in [0.3, 0.4) is 0 Å². The van der Waals surface area contributed by atoms with E-state index in [0.29, 0.717) is 15.8 Å². The molecule has 2 heterocycles. The molecule has 2 saturated heterocycles. The standard InChI is InChI=1S/C20H19Cl2N3O2S/c1-12-18(19(27)25(23(12)2)13-7-4-3-5-8-13)24-16(26)11-28-20(24)14-9-6-10-15(21)17(14)22/h3-10,12,18,20H,11H2,1-2H3. The van der Waals surface area contributed by atoms with Crippen LogP contribution < -0.4 is 5.01 Å². The zero-order valence-corrected chi connectivity index (χ0v) is 17.7. The number of hydrazine groups is 1. The minimum absolute atomic E-state index is 0.0699. The van der Waals surface area contributed by atoms with Crippen molar-refractivity contribution in [2.75, 3.05) is 17.8 Å². The molecule has 2 aromatic rings. The van der Waals surface area contributed by atoms with Gasteiger partial charge in [-0.1, -0.05) is 53.5 Å². The Kier molecular flexibility index (Phi) is 5.31. The van der Waals surface area contributed by atoms with Crippen molar-refractivity contribution in [3.63, 3.8) is 0 Å². The zero-order valence-electron chi connectivity index (χ0n) is 15.4. The second-order valence-corrected chi connectivity index (χ2v) is 8.71. The van der Waals surface area contributed by atoms with Gasteiger partial charge in [0.1, 0.15) is 11.4 Å². The summed E-state index contributed by atoms with van der Waals surface area (Å²) in [4.78, 5) is 27.9. The van der Waals surface area contributed by atoms with Crippen LogP contribution in [-0.2, 0) is 9.59 Å². The van der Waals surface area contributed by atoms with Gasteiger partial charge in [0.15, 0.2) is 0 Å². The van der Waals surface area contributed by atoms with Gasteiger partial charge in [0.25, 0.3) is 5.91 Å². The quantitative estimate of drug-likeness (QED) is 0.723. The summed E-state index contributed by atoms with van der Waals surface area (Å²) in [5.41, 5.74) is 1.53. The Morgan fingerprint density at radius 1 is 1.04 bits per heavy atom. The predicted octanol–water partition coefficient (Wildman–Crippen LogP) is 4.22. The molecule has 2 aromatic carbocycles. The second-order valence-electron chi connectivity index (χ2n) is 6.85. The number of halogens is 2. The lowest BCUT2D eigenvalue weighted by Gasteiger charge is -2.31. The van der Waals surface area contributed by atoms with E-state index in [1.165, 1.54) is 11.8 Å². The summed E-state index contributed by atoms with van der Waals surface area (Å²) < 4.78 is 0. The van der Waals surface area contributed by atoms with Crippen molar-refractivity contribution in [2.45, 2.75) is 24.4 Å². The van der Waals surface area contributed by atoms with Crippen molar-refractivity contribution in [1.29, 1.82) is 0 Å². The minimum atomic E-state index is -0.604. The SMILES string of the molecule is CC1C(N2C(=O)CSC2c2cccc(Cl)c2Cl)C(=O)N(c2ccccc2)N1C. The van der Waals surface area contributed by atoms with Crippen LogP contribution in [0.4, 0.5) is 5.69 Å². The number of hydrogen-bond acceptors (Lipinski definition) is 4. The maximum absolute atomic E-state index is 13.4. The Hall–Kier alpha value is -1.73. The molecule has 0 saturated carbocycles. The summed E-state index contributed by atoms with van der Waals surface area (Å²) in [5.74, 6) is 0.110. The van der Waals surface area contributed by atoms with Gasteiger partial charge in [-0.2, -0.15) is 0 Å². The highest BCUT2D eigenvalue weighted by molar-refractivity contribution is 8.00. The molecule has 0 spiro atoms. The summed E-state index contributed by atoms with van der Waals surface area (Å²) in [5, 5.41) is 4.04. The van der Waals surface area contributed by atoms with E-state index in [1.807, 2.05) is 61.4 Å². The number of thioether (sulfide) groups is 1. The van der Waals surface area contributed by atoms with Gasteiger partial charge in [-0.25, -0.2) is 10.0 Å². The van der Waals surface area contributed by atoms with Crippen LogP contribution in [0.5, 0.6) is 0 Å². The number of para-hydroxylation sites is 1. The van der Waals surface area contributed by atoms with E-state index in [4.69, 9.17) is 23.2 Å². The smallest absolute Gasteiger partial charge is 0.266 e. The van der Waals surface area contributed by atoms with Crippen LogP contribution in [-0.4, -0.2) is 46.6 Å². The molecule has 4 rings (SSSR count). The zero-order chi connectivity index (χ0) is 20.0. The Labute approximate surface area is 178 Å². The lowest BCUT2D eigenvalue weighted by Crippen LogP contribution is -2.47. The molecule has 3 unspecified atom stereocenters. The molecule has 0 bridgehead atoms. The fourth-order valence-electron chi connectivity index (χ4n) is 3.79. The van der Waals surface area contributed by atoms with E-state index < -0.39 is 6.04 Å². The van der Waals surface area contributed by atoms with Crippen molar-refractivity contribution in [2.24, 2.45) is 0 Å². The van der Waals surface area contributed by atoms with Gasteiger partial charge < -0.3 is 4.90 Å². The Morgan fingerprint density at radius 2 is 1.75 bits per heavy atom. The average Bonchev–Trinajstić information content (AvgIpc) is 3.15. The number of carbonyl (C=O) groups excluding carboxylic acids is 2. The van der Waals surface area contributed by atoms with Crippen LogP contribution in [0.25, 0.3) is 0 Å². The van der Waals surface area contributed by atoms with E-state index in [1.54, 1.807) is 16.0 Å². The number of rotatable bonds is 3. The first kappa shape index (κ1) is 19.6. The van der Waals surface area contributed by atoms with E-state index in [0.717, 1.165) is 11.3 Å². The van der Waals surface area contributed by atoms with Gasteiger partial charge in [0.05, 0.1) is 27.5 Å². The fourth-order valence-corrected chi connectivity index (χ4v) is 5.50. The second kappa shape index (κ2) is 7.59. The third-order valence-corrected chi connectivity index (χ3v) is 7.32. The maximum Gasteiger partial charge on any atom is 0.266 e. The van der Waals surface area contributed by atoms with Crippen molar-refractivity contribution in [1.82, 2.24) is 9.91 Å². The summed E-state index contributed by atoms with van der Waals surface area (Å²) in [6.07, 6.45) is 0. The van der Waals surface area contributed by atoms with Gasteiger partial charge in [-0.05, 0) is 25.1 Å². The van der Waals surface area contributed by atoms with Crippen LogP contribution in [0, 0.1) is 0 Å². The topological polar surface area (TPSA) is 43.9 Å². The Morgan fingerprint density at radius 3 is 2.46 bits per heavy atom. The number of anilines is 1. The summed E-state index contributed by atoms with van der Waals surface area (Å²) in [6, 6.07) is 14.1. The Balaban J connectivity index is 1.73. The monoisotopic (exact) mass is 435 g/mol. The molecule has 8 heteroatoms. The van der Waals surface area contributed by atoms with E-state index in [9.17, 15) is 9.59 Å². The molecule has 5 nitrogen and oxygen atoms in total. The van der Waals surface area contributed by atoms with Gasteiger partial charge in [0, 0.05) is 12.6 Å². The molecular weight excluding hydrogens is 417 g/mol. The van der Waals surface area contributed by atoms with Crippen molar-refractivity contribution >= 4 is 52.5 Å². The van der Waals surface area contributed by atoms with Crippen LogP contribution in [0.2, 0.25) is 10.0 Å². The molecule has 2 amide bonds. The molecule has 146 valence electrons. The summed E-state index contributed by atoms with van der Waals surface area (Å²) >= 11 is 14.1. The first-order valence-corrected chi connectivity index (χ1v) is 10.7. The normalized spacial score (nSPS) is 25.8. The van der Waals surface area contributed by atoms with E-state index >= 15 is 0 Å². The number of hydrogen-bond donors (Lipinski definition) is 0. The first-order valence-electron chi connectivity index (χ1n) is 8.90. The molecule has 0 radical (unpaired) electrons. The molecule has 28 heavy (non-hydrogen) atoms. The lowest BCUT2D eigenvalue weighted by atomic mass is 10.1.